The number of amides is 1. The highest BCUT2D eigenvalue weighted by Crippen LogP contribution is 2.23. The number of thioether (sulfide) groups is 1. The Morgan fingerprint density at radius 1 is 1.03 bits per heavy atom. The first-order valence-electron chi connectivity index (χ1n) is 9.92. The summed E-state index contributed by atoms with van der Waals surface area (Å²) in [6.45, 7) is 8.55. The van der Waals surface area contributed by atoms with Gasteiger partial charge < -0.3 is 14.5 Å². The van der Waals surface area contributed by atoms with Gasteiger partial charge in [0, 0.05) is 36.8 Å². The van der Waals surface area contributed by atoms with Crippen LogP contribution in [-0.2, 0) is 14.3 Å². The van der Waals surface area contributed by atoms with E-state index in [0.29, 0.717) is 13.1 Å². The Morgan fingerprint density at radius 2 is 1.72 bits per heavy atom. The Balaban J connectivity index is 1.44. The molecule has 0 radical (unpaired) electrons. The standard InChI is InChI=1S/C23H28N2O3S/c1-17-9-10-21(18(2)15-17)29-16-22(26)28-19(3)23(27)25-13-11-24(12-14-25)20-7-5-4-6-8-20/h4-10,15,19H,11-14,16H2,1-3H3/t19-/m0/s1. The van der Waals surface area contributed by atoms with E-state index in [9.17, 15) is 9.59 Å². The molecule has 0 unspecified atom stereocenters. The van der Waals surface area contributed by atoms with E-state index in [-0.39, 0.29) is 17.6 Å². The second kappa shape index (κ2) is 9.83. The molecule has 0 aliphatic carbocycles. The van der Waals surface area contributed by atoms with E-state index in [4.69, 9.17) is 4.74 Å². The van der Waals surface area contributed by atoms with Crippen molar-refractivity contribution in [3.05, 3.63) is 59.7 Å². The van der Waals surface area contributed by atoms with Crippen LogP contribution in [-0.4, -0.2) is 54.8 Å². The Labute approximate surface area is 177 Å². The average molecular weight is 413 g/mol. The summed E-state index contributed by atoms with van der Waals surface area (Å²) in [6.07, 6.45) is -0.759. The summed E-state index contributed by atoms with van der Waals surface area (Å²) in [5.74, 6) is -0.287. The lowest BCUT2D eigenvalue weighted by Gasteiger charge is -2.37. The molecule has 0 bridgehead atoms. The molecule has 154 valence electrons. The number of benzene rings is 2. The van der Waals surface area contributed by atoms with Gasteiger partial charge >= 0.3 is 5.97 Å². The van der Waals surface area contributed by atoms with E-state index in [2.05, 4.69) is 23.1 Å². The van der Waals surface area contributed by atoms with Crippen LogP contribution in [0, 0.1) is 13.8 Å². The van der Waals surface area contributed by atoms with Crippen molar-refractivity contribution in [3.8, 4) is 0 Å². The molecule has 0 spiro atoms. The van der Waals surface area contributed by atoms with Crippen LogP contribution in [0.2, 0.25) is 0 Å². The van der Waals surface area contributed by atoms with Crippen molar-refractivity contribution in [3.63, 3.8) is 0 Å². The van der Waals surface area contributed by atoms with Crippen LogP contribution in [0.4, 0.5) is 5.69 Å². The third-order valence-electron chi connectivity index (χ3n) is 5.04. The molecule has 1 aliphatic heterocycles. The van der Waals surface area contributed by atoms with Gasteiger partial charge in [-0.15, -0.1) is 11.8 Å². The van der Waals surface area contributed by atoms with Crippen LogP contribution >= 0.6 is 11.8 Å². The second-order valence-corrected chi connectivity index (χ2v) is 8.35. The van der Waals surface area contributed by atoms with Crippen molar-refractivity contribution in [1.29, 1.82) is 0 Å². The molecule has 1 atom stereocenters. The lowest BCUT2D eigenvalue weighted by atomic mass is 10.2. The molecule has 2 aromatic carbocycles. The van der Waals surface area contributed by atoms with E-state index in [1.54, 1.807) is 11.8 Å². The number of piperazine rings is 1. The van der Waals surface area contributed by atoms with Gasteiger partial charge in [-0.3, -0.25) is 9.59 Å². The summed E-state index contributed by atoms with van der Waals surface area (Å²) in [7, 11) is 0. The molecule has 1 saturated heterocycles. The van der Waals surface area contributed by atoms with Gasteiger partial charge in [0.05, 0.1) is 5.75 Å². The van der Waals surface area contributed by atoms with Gasteiger partial charge in [-0.1, -0.05) is 35.9 Å². The van der Waals surface area contributed by atoms with Gasteiger partial charge in [-0.25, -0.2) is 0 Å². The highest BCUT2D eigenvalue weighted by molar-refractivity contribution is 8.00. The van der Waals surface area contributed by atoms with E-state index in [0.717, 1.165) is 23.5 Å². The van der Waals surface area contributed by atoms with Crippen LogP contribution in [0.3, 0.4) is 0 Å². The smallest absolute Gasteiger partial charge is 0.317 e. The number of para-hydroxylation sites is 1. The van der Waals surface area contributed by atoms with Gasteiger partial charge in [-0.2, -0.15) is 0 Å². The first-order chi connectivity index (χ1) is 13.9. The fourth-order valence-electron chi connectivity index (χ4n) is 3.46. The molecule has 0 saturated carbocycles. The molecule has 3 rings (SSSR count). The molecule has 1 amide bonds. The van der Waals surface area contributed by atoms with E-state index >= 15 is 0 Å². The van der Waals surface area contributed by atoms with Crippen molar-refractivity contribution < 1.29 is 14.3 Å². The van der Waals surface area contributed by atoms with Crippen LogP contribution in [0.25, 0.3) is 0 Å². The van der Waals surface area contributed by atoms with Crippen molar-refractivity contribution in [2.24, 2.45) is 0 Å². The fourth-order valence-corrected chi connectivity index (χ4v) is 4.25. The van der Waals surface area contributed by atoms with Crippen LogP contribution in [0.15, 0.2) is 53.4 Å². The zero-order chi connectivity index (χ0) is 20.8. The number of carbonyl (C=O) groups excluding carboxylic acids is 2. The van der Waals surface area contributed by atoms with E-state index in [1.165, 1.54) is 23.0 Å². The number of esters is 1. The normalized spacial score (nSPS) is 15.1. The number of aryl methyl sites for hydroxylation is 2. The maximum absolute atomic E-state index is 12.7. The minimum absolute atomic E-state index is 0.123. The SMILES string of the molecule is Cc1ccc(SCC(=O)O[C@@H](C)C(=O)N2CCN(c3ccccc3)CC2)c(C)c1. The molecular weight excluding hydrogens is 384 g/mol. The number of carbonyl (C=O) groups is 2. The zero-order valence-electron chi connectivity index (χ0n) is 17.3. The molecule has 0 N–H and O–H groups in total. The molecule has 1 heterocycles. The van der Waals surface area contributed by atoms with Crippen molar-refractivity contribution in [2.45, 2.75) is 31.8 Å². The number of nitrogens with zero attached hydrogens (tertiary/aromatic N) is 2. The Morgan fingerprint density at radius 3 is 2.38 bits per heavy atom. The molecule has 1 aliphatic rings. The third-order valence-corrected chi connectivity index (χ3v) is 6.19. The lowest BCUT2D eigenvalue weighted by molar-refractivity contribution is -0.157. The summed E-state index contributed by atoms with van der Waals surface area (Å²) in [5, 5.41) is 0. The largest absolute Gasteiger partial charge is 0.452 e. The van der Waals surface area contributed by atoms with E-state index < -0.39 is 6.10 Å². The van der Waals surface area contributed by atoms with Gasteiger partial charge in [0.25, 0.3) is 5.91 Å². The molecule has 6 heteroatoms. The molecule has 2 aromatic rings. The van der Waals surface area contributed by atoms with E-state index in [1.807, 2.05) is 44.2 Å². The highest BCUT2D eigenvalue weighted by atomic mass is 32.2. The summed E-state index contributed by atoms with van der Waals surface area (Å²) < 4.78 is 5.40. The highest BCUT2D eigenvalue weighted by Gasteiger charge is 2.27. The lowest BCUT2D eigenvalue weighted by Crippen LogP contribution is -2.51. The third kappa shape index (κ3) is 5.76. The van der Waals surface area contributed by atoms with Gasteiger partial charge in [-0.05, 0) is 44.5 Å². The minimum atomic E-state index is -0.759. The Bertz CT molecular complexity index is 848. The summed E-state index contributed by atoms with van der Waals surface area (Å²) >= 11 is 1.44. The molecule has 1 fully saturated rings. The van der Waals surface area contributed by atoms with Crippen LogP contribution < -0.4 is 4.90 Å². The second-order valence-electron chi connectivity index (χ2n) is 7.34. The van der Waals surface area contributed by atoms with Gasteiger partial charge in [0.2, 0.25) is 0 Å². The van der Waals surface area contributed by atoms with Crippen molar-refractivity contribution in [1.82, 2.24) is 4.90 Å². The predicted molar refractivity (Wildman–Crippen MR) is 117 cm³/mol. The Hall–Kier alpha value is -2.47. The van der Waals surface area contributed by atoms with Gasteiger partial charge in [0.1, 0.15) is 0 Å². The fraction of sp³-hybridized carbons (Fsp3) is 0.391. The Kier molecular flexibility index (Phi) is 7.20. The molecule has 0 aromatic heterocycles. The van der Waals surface area contributed by atoms with Gasteiger partial charge in [0.15, 0.2) is 6.10 Å². The maximum atomic E-state index is 12.7. The number of ether oxygens (including phenoxy) is 1. The number of rotatable bonds is 6. The quantitative estimate of drug-likeness (QED) is 0.535. The van der Waals surface area contributed by atoms with Crippen molar-refractivity contribution >= 4 is 29.3 Å². The maximum Gasteiger partial charge on any atom is 0.317 e. The summed E-state index contributed by atoms with van der Waals surface area (Å²) in [4.78, 5) is 30.0. The first-order valence-corrected chi connectivity index (χ1v) is 10.9. The first kappa shape index (κ1) is 21.2. The van der Waals surface area contributed by atoms with Crippen LogP contribution in [0.1, 0.15) is 18.1 Å². The van der Waals surface area contributed by atoms with Crippen molar-refractivity contribution in [2.75, 3.05) is 36.8 Å². The molecule has 29 heavy (non-hydrogen) atoms. The van der Waals surface area contributed by atoms with Crippen LogP contribution in [0.5, 0.6) is 0 Å². The summed E-state index contributed by atoms with van der Waals surface area (Å²) in [5.41, 5.74) is 3.51. The predicted octanol–water partition coefficient (Wildman–Crippen LogP) is 3.68. The topological polar surface area (TPSA) is 49.9 Å². The summed E-state index contributed by atoms with van der Waals surface area (Å²) in [6, 6.07) is 16.3. The zero-order valence-corrected chi connectivity index (χ0v) is 18.1. The monoisotopic (exact) mass is 412 g/mol. The molecular formula is C23H28N2O3S. The number of hydrogen-bond donors (Lipinski definition) is 0. The number of anilines is 1. The average Bonchev–Trinajstić information content (AvgIpc) is 2.73. The number of hydrogen-bond acceptors (Lipinski definition) is 5. The minimum Gasteiger partial charge on any atom is -0.452 e. The molecule has 5 nitrogen and oxygen atoms in total.